The van der Waals surface area contributed by atoms with Crippen LogP contribution >= 0.6 is 0 Å². The Labute approximate surface area is 111 Å². The first-order valence-corrected chi connectivity index (χ1v) is 6.11. The summed E-state index contributed by atoms with van der Waals surface area (Å²) in [7, 11) is 0. The van der Waals surface area contributed by atoms with Gasteiger partial charge in [-0.3, -0.25) is 4.79 Å². The largest absolute Gasteiger partial charge is 0.456 e. The number of aromatic nitrogens is 1. The standard InChI is InChI=1S/C15H15NO3/c1-2-16-9-13(10-17)8-14(16)15(18)19-11-12-6-4-3-5-7-12/h3-10H,2,11H2,1H3. The molecule has 0 bridgehead atoms. The second-order valence-corrected chi connectivity index (χ2v) is 4.12. The first-order valence-electron chi connectivity index (χ1n) is 6.11. The molecule has 1 aromatic carbocycles. The van der Waals surface area contributed by atoms with Gasteiger partial charge in [0.25, 0.3) is 0 Å². The fourth-order valence-electron chi connectivity index (χ4n) is 1.83. The van der Waals surface area contributed by atoms with E-state index in [-0.39, 0.29) is 6.61 Å². The van der Waals surface area contributed by atoms with Gasteiger partial charge in [0.15, 0.2) is 6.29 Å². The number of hydrogen-bond acceptors (Lipinski definition) is 3. The second kappa shape index (κ2) is 6.00. The molecule has 0 N–H and O–H groups in total. The van der Waals surface area contributed by atoms with Crippen molar-refractivity contribution in [3.8, 4) is 0 Å². The first-order chi connectivity index (χ1) is 9.24. The molecule has 0 amide bonds. The van der Waals surface area contributed by atoms with E-state index in [0.717, 1.165) is 11.8 Å². The van der Waals surface area contributed by atoms with E-state index in [2.05, 4.69) is 0 Å². The number of aldehydes is 1. The normalized spacial score (nSPS) is 10.2. The van der Waals surface area contributed by atoms with Crippen LogP contribution in [0.25, 0.3) is 0 Å². The minimum absolute atomic E-state index is 0.227. The van der Waals surface area contributed by atoms with Gasteiger partial charge in [-0.25, -0.2) is 4.79 Å². The molecule has 4 heteroatoms. The smallest absolute Gasteiger partial charge is 0.355 e. The molecule has 0 saturated carbocycles. The van der Waals surface area contributed by atoms with Gasteiger partial charge < -0.3 is 9.30 Å². The minimum atomic E-state index is -0.418. The van der Waals surface area contributed by atoms with Crippen LogP contribution in [0.2, 0.25) is 0 Å². The Morgan fingerprint density at radius 3 is 2.68 bits per heavy atom. The van der Waals surface area contributed by atoms with Gasteiger partial charge in [0, 0.05) is 18.3 Å². The summed E-state index contributed by atoms with van der Waals surface area (Å²) in [6, 6.07) is 11.0. The average molecular weight is 257 g/mol. The molecule has 98 valence electrons. The number of hydrogen-bond donors (Lipinski definition) is 0. The quantitative estimate of drug-likeness (QED) is 0.611. The van der Waals surface area contributed by atoms with Crippen LogP contribution in [-0.2, 0) is 17.9 Å². The third-order valence-electron chi connectivity index (χ3n) is 2.82. The van der Waals surface area contributed by atoms with Gasteiger partial charge in [0.2, 0.25) is 0 Å². The van der Waals surface area contributed by atoms with Crippen LogP contribution in [0.15, 0.2) is 42.6 Å². The molecule has 0 radical (unpaired) electrons. The Hall–Kier alpha value is -2.36. The number of aryl methyl sites for hydroxylation is 1. The molecule has 0 aliphatic rings. The summed E-state index contributed by atoms with van der Waals surface area (Å²) in [5.41, 5.74) is 1.81. The van der Waals surface area contributed by atoms with Crippen molar-refractivity contribution in [2.24, 2.45) is 0 Å². The van der Waals surface area contributed by atoms with Gasteiger partial charge in [-0.15, -0.1) is 0 Å². The molecule has 1 aromatic heterocycles. The average Bonchev–Trinajstić information content (AvgIpc) is 2.89. The minimum Gasteiger partial charge on any atom is -0.456 e. The van der Waals surface area contributed by atoms with E-state index >= 15 is 0 Å². The van der Waals surface area contributed by atoms with E-state index in [9.17, 15) is 9.59 Å². The van der Waals surface area contributed by atoms with Crippen LogP contribution in [0.5, 0.6) is 0 Å². The van der Waals surface area contributed by atoms with Crippen molar-refractivity contribution >= 4 is 12.3 Å². The van der Waals surface area contributed by atoms with Crippen LogP contribution in [-0.4, -0.2) is 16.8 Å². The van der Waals surface area contributed by atoms with E-state index < -0.39 is 5.97 Å². The van der Waals surface area contributed by atoms with Crippen LogP contribution < -0.4 is 0 Å². The summed E-state index contributed by atoms with van der Waals surface area (Å²) >= 11 is 0. The summed E-state index contributed by atoms with van der Waals surface area (Å²) < 4.78 is 6.94. The third kappa shape index (κ3) is 3.10. The zero-order chi connectivity index (χ0) is 13.7. The SMILES string of the molecule is CCn1cc(C=O)cc1C(=O)OCc1ccccc1. The van der Waals surface area contributed by atoms with Gasteiger partial charge >= 0.3 is 5.97 Å². The molecule has 0 saturated heterocycles. The fraction of sp³-hybridized carbons (Fsp3) is 0.200. The van der Waals surface area contributed by atoms with Crippen molar-refractivity contribution in [1.29, 1.82) is 0 Å². The fourth-order valence-corrected chi connectivity index (χ4v) is 1.83. The Morgan fingerprint density at radius 2 is 2.05 bits per heavy atom. The summed E-state index contributed by atoms with van der Waals surface area (Å²) in [4.78, 5) is 22.7. The molecule has 2 aromatic rings. The van der Waals surface area contributed by atoms with Gasteiger partial charge in [-0.05, 0) is 18.6 Å². The predicted octanol–water partition coefficient (Wildman–Crippen LogP) is 2.68. The number of carbonyl (C=O) groups is 2. The Morgan fingerprint density at radius 1 is 1.32 bits per heavy atom. The van der Waals surface area contributed by atoms with Gasteiger partial charge in [0.05, 0.1) is 0 Å². The van der Waals surface area contributed by atoms with Crippen molar-refractivity contribution in [1.82, 2.24) is 4.57 Å². The first kappa shape index (κ1) is 13.1. The highest BCUT2D eigenvalue weighted by molar-refractivity contribution is 5.90. The molecule has 2 rings (SSSR count). The molecule has 0 aliphatic heterocycles. The molecule has 1 heterocycles. The van der Waals surface area contributed by atoms with Crippen molar-refractivity contribution in [2.45, 2.75) is 20.1 Å². The molecular weight excluding hydrogens is 242 g/mol. The van der Waals surface area contributed by atoms with E-state index in [4.69, 9.17) is 4.74 Å². The zero-order valence-corrected chi connectivity index (χ0v) is 10.7. The summed E-state index contributed by atoms with van der Waals surface area (Å²) in [5.74, 6) is -0.418. The Balaban J connectivity index is 2.07. The topological polar surface area (TPSA) is 48.3 Å². The summed E-state index contributed by atoms with van der Waals surface area (Å²) in [6.45, 7) is 2.75. The van der Waals surface area contributed by atoms with E-state index in [1.807, 2.05) is 37.3 Å². The lowest BCUT2D eigenvalue weighted by molar-refractivity contribution is 0.0460. The van der Waals surface area contributed by atoms with Crippen molar-refractivity contribution in [3.63, 3.8) is 0 Å². The number of nitrogens with zero attached hydrogens (tertiary/aromatic N) is 1. The number of rotatable bonds is 5. The number of benzene rings is 1. The highest BCUT2D eigenvalue weighted by Crippen LogP contribution is 2.10. The maximum absolute atomic E-state index is 12.0. The molecule has 0 unspecified atom stereocenters. The number of esters is 1. The molecule has 0 fully saturated rings. The number of carbonyl (C=O) groups excluding carboxylic acids is 2. The predicted molar refractivity (Wildman–Crippen MR) is 71.1 cm³/mol. The van der Waals surface area contributed by atoms with Crippen molar-refractivity contribution in [2.75, 3.05) is 0 Å². The van der Waals surface area contributed by atoms with E-state index in [0.29, 0.717) is 17.8 Å². The van der Waals surface area contributed by atoms with Gasteiger partial charge in [-0.1, -0.05) is 30.3 Å². The van der Waals surface area contributed by atoms with Gasteiger partial charge in [0.1, 0.15) is 12.3 Å². The van der Waals surface area contributed by atoms with Crippen LogP contribution in [0, 0.1) is 0 Å². The Kier molecular flexibility index (Phi) is 4.13. The highest BCUT2D eigenvalue weighted by Gasteiger charge is 2.14. The maximum atomic E-state index is 12.0. The van der Waals surface area contributed by atoms with Crippen molar-refractivity contribution in [3.05, 3.63) is 59.4 Å². The van der Waals surface area contributed by atoms with E-state index in [1.165, 1.54) is 0 Å². The molecule has 4 nitrogen and oxygen atoms in total. The van der Waals surface area contributed by atoms with E-state index in [1.54, 1.807) is 16.8 Å². The van der Waals surface area contributed by atoms with Crippen LogP contribution in [0.1, 0.15) is 33.3 Å². The Bertz CT molecular complexity index is 572. The van der Waals surface area contributed by atoms with Crippen LogP contribution in [0.3, 0.4) is 0 Å². The summed E-state index contributed by atoms with van der Waals surface area (Å²) in [6.07, 6.45) is 2.37. The van der Waals surface area contributed by atoms with Gasteiger partial charge in [-0.2, -0.15) is 0 Å². The lowest BCUT2D eigenvalue weighted by Crippen LogP contribution is -2.11. The third-order valence-corrected chi connectivity index (χ3v) is 2.82. The summed E-state index contributed by atoms with van der Waals surface area (Å²) in [5, 5.41) is 0. The lowest BCUT2D eigenvalue weighted by atomic mass is 10.2. The molecule has 0 atom stereocenters. The monoisotopic (exact) mass is 257 g/mol. The maximum Gasteiger partial charge on any atom is 0.355 e. The van der Waals surface area contributed by atoms with Crippen LogP contribution in [0.4, 0.5) is 0 Å². The molecule has 0 aliphatic carbocycles. The zero-order valence-electron chi connectivity index (χ0n) is 10.7. The molecular formula is C15H15NO3. The lowest BCUT2D eigenvalue weighted by Gasteiger charge is -2.07. The molecule has 19 heavy (non-hydrogen) atoms. The second-order valence-electron chi connectivity index (χ2n) is 4.12. The number of ether oxygens (including phenoxy) is 1. The highest BCUT2D eigenvalue weighted by atomic mass is 16.5. The van der Waals surface area contributed by atoms with Crippen molar-refractivity contribution < 1.29 is 14.3 Å². The molecule has 0 spiro atoms.